The lowest BCUT2D eigenvalue weighted by Gasteiger charge is -2.63. The maximum atomic E-state index is 14.8. The van der Waals surface area contributed by atoms with Crippen LogP contribution in [0.25, 0.3) is 0 Å². The van der Waals surface area contributed by atoms with E-state index < -0.39 is 84.3 Å². The number of Topliss-reactive ketones (excluding diaryl/α,β-unsaturated/α-hetero) is 1. The van der Waals surface area contributed by atoms with Gasteiger partial charge in [-0.15, -0.1) is 0 Å². The van der Waals surface area contributed by atoms with Gasteiger partial charge in [0.25, 0.3) is 0 Å². The summed E-state index contributed by atoms with van der Waals surface area (Å²) in [5.74, 6) is -1.64. The number of carbonyl (C=O) groups excluding carboxylic acids is 1. The first-order chi connectivity index (χ1) is 25.1. The Bertz CT molecular complexity index is 1540. The normalized spacial score (nSPS) is 61.0. The summed E-state index contributed by atoms with van der Waals surface area (Å²) in [4.78, 5) is 14.8. The molecule has 4 heterocycles. The average Bonchev–Trinajstić information content (AvgIpc) is 3.62. The minimum Gasteiger partial charge on any atom is -0.388 e. The molecule has 0 aromatic carbocycles. The quantitative estimate of drug-likeness (QED) is 0.197. The number of aliphatic hydroxyl groups excluding tert-OH is 6. The SMILES string of the molecule is C[C@H]1[C@H]2[C@H](C[C@@]3(C)[C@@H]4CC(=O)[C@H]5C(C)(C)[C@@H](O[C@@H]6OC[C@@H](O)[C@H](O)[C@H]6O[C@@H]6OC[C@H](O)[C@H](O)[C@H]6O)CC[C@@]56C[C@@]46CC[C@]23C)O[C@@]2(O)[C@@H]1OC(C)(C)[C@H]2O. The van der Waals surface area contributed by atoms with E-state index in [1.165, 1.54) is 0 Å². The van der Waals surface area contributed by atoms with E-state index in [2.05, 4.69) is 34.6 Å². The highest BCUT2D eigenvalue weighted by molar-refractivity contribution is 5.86. The Kier molecular flexibility index (Phi) is 8.51. The molecule has 9 rings (SSSR count). The van der Waals surface area contributed by atoms with Gasteiger partial charge in [-0.25, -0.2) is 0 Å². The van der Waals surface area contributed by atoms with Crippen molar-refractivity contribution in [2.45, 2.75) is 178 Å². The fourth-order valence-electron chi connectivity index (χ4n) is 14.8. The Balaban J connectivity index is 0.961. The van der Waals surface area contributed by atoms with Crippen LogP contribution in [0.1, 0.15) is 93.4 Å². The van der Waals surface area contributed by atoms with Gasteiger partial charge in [0.1, 0.15) is 54.6 Å². The highest BCUT2D eigenvalue weighted by Gasteiger charge is 2.85. The Morgan fingerprint density at radius 2 is 1.43 bits per heavy atom. The number of ketones is 1. The van der Waals surface area contributed by atoms with Gasteiger partial charge in [0.05, 0.1) is 31.0 Å². The first kappa shape index (κ1) is 38.7. The van der Waals surface area contributed by atoms with Crippen molar-refractivity contribution in [1.82, 2.24) is 0 Å². The molecule has 14 heteroatoms. The fourth-order valence-corrected chi connectivity index (χ4v) is 14.8. The van der Waals surface area contributed by atoms with Gasteiger partial charge in [0, 0.05) is 17.8 Å². The van der Waals surface area contributed by atoms with Crippen LogP contribution < -0.4 is 0 Å². The zero-order chi connectivity index (χ0) is 38.9. The van der Waals surface area contributed by atoms with Crippen LogP contribution in [0.2, 0.25) is 0 Å². The predicted molar refractivity (Wildman–Crippen MR) is 186 cm³/mol. The number of carbonyl (C=O) groups is 1. The minimum absolute atomic E-state index is 0.0171. The number of hydrogen-bond acceptors (Lipinski definition) is 14. The summed E-state index contributed by atoms with van der Waals surface area (Å²) in [6.45, 7) is 14.1. The summed E-state index contributed by atoms with van der Waals surface area (Å²) < 4.78 is 36.9. The number of ether oxygens (including phenoxy) is 6. The van der Waals surface area contributed by atoms with Gasteiger partial charge in [-0.2, -0.15) is 0 Å². The molecule has 14 nitrogen and oxygen atoms in total. The second kappa shape index (κ2) is 11.9. The number of fused-ring (bicyclic) bond motifs is 5. The Hall–Kier alpha value is -0.850. The van der Waals surface area contributed by atoms with E-state index in [0.29, 0.717) is 19.3 Å². The van der Waals surface area contributed by atoms with Crippen LogP contribution in [0.3, 0.4) is 0 Å². The molecule has 7 N–H and O–H groups in total. The maximum Gasteiger partial charge on any atom is 0.222 e. The molecule has 0 unspecified atom stereocenters. The molecule has 306 valence electrons. The topological polar surface area (TPSA) is 214 Å². The molecule has 9 fully saturated rings. The van der Waals surface area contributed by atoms with Crippen LogP contribution in [-0.2, 0) is 33.2 Å². The molecule has 4 aliphatic heterocycles. The van der Waals surface area contributed by atoms with Crippen LogP contribution in [-0.4, -0.2) is 140 Å². The fraction of sp³-hybridized carbons (Fsp3) is 0.975. The third-order valence-corrected chi connectivity index (χ3v) is 17.5. The molecule has 54 heavy (non-hydrogen) atoms. The van der Waals surface area contributed by atoms with E-state index in [4.69, 9.17) is 28.4 Å². The Morgan fingerprint density at radius 3 is 2.13 bits per heavy atom. The van der Waals surface area contributed by atoms with E-state index in [0.717, 1.165) is 25.7 Å². The largest absolute Gasteiger partial charge is 0.388 e. The van der Waals surface area contributed by atoms with Crippen LogP contribution in [0.4, 0.5) is 0 Å². The van der Waals surface area contributed by atoms with Crippen molar-refractivity contribution < 1.29 is 69.0 Å². The summed E-state index contributed by atoms with van der Waals surface area (Å²) >= 11 is 0. The summed E-state index contributed by atoms with van der Waals surface area (Å²) in [5.41, 5.74) is -2.16. The van der Waals surface area contributed by atoms with Crippen molar-refractivity contribution in [3.05, 3.63) is 0 Å². The van der Waals surface area contributed by atoms with Gasteiger partial charge in [0.2, 0.25) is 5.79 Å². The summed E-state index contributed by atoms with van der Waals surface area (Å²) in [6.07, 6.45) is -8.08. The van der Waals surface area contributed by atoms with E-state index in [-0.39, 0.29) is 70.4 Å². The zero-order valence-corrected chi connectivity index (χ0v) is 32.6. The molecule has 21 atom stereocenters. The van der Waals surface area contributed by atoms with Crippen LogP contribution >= 0.6 is 0 Å². The minimum atomic E-state index is -1.79. The standard InChI is InChI=1S/C40H62O14/c1-17-24-21(53-40(48)30(17)54-35(4,5)33(40)47)13-37(7)22-12-18(41)29-34(2,3)23(8-9-39(29)16-38(22,39)11-10-36(24,37)6)51-32-28(26(45)20(43)15-50-32)52-31-27(46)25(44)19(42)14-49-31/h17,19-33,42-48H,8-16H2,1-7H3/t17-,19-,20+,21-,22-,23-,24-,25-,26-,27+,28+,29-,30+,31-,32-,33+,36+,37-,38-,39+,40-/m0/s1. The van der Waals surface area contributed by atoms with Gasteiger partial charge < -0.3 is 64.2 Å². The highest BCUT2D eigenvalue weighted by Crippen LogP contribution is 2.89. The first-order valence-corrected chi connectivity index (χ1v) is 20.3. The molecule has 0 radical (unpaired) electrons. The van der Waals surface area contributed by atoms with Gasteiger partial charge in [-0.1, -0.05) is 34.6 Å². The van der Waals surface area contributed by atoms with E-state index in [1.807, 2.05) is 0 Å². The van der Waals surface area contributed by atoms with Gasteiger partial charge in [-0.05, 0) is 91.8 Å². The molecule has 2 spiro atoms. The molecule has 9 aliphatic rings. The third-order valence-electron chi connectivity index (χ3n) is 17.5. The zero-order valence-electron chi connectivity index (χ0n) is 32.6. The maximum absolute atomic E-state index is 14.8. The van der Waals surface area contributed by atoms with Crippen LogP contribution in [0, 0.1) is 50.7 Å². The summed E-state index contributed by atoms with van der Waals surface area (Å²) in [7, 11) is 0. The van der Waals surface area contributed by atoms with Gasteiger partial charge in [-0.3, -0.25) is 4.79 Å². The summed E-state index contributed by atoms with van der Waals surface area (Å²) in [6, 6.07) is 0. The van der Waals surface area contributed by atoms with E-state index >= 15 is 0 Å². The van der Waals surface area contributed by atoms with Crippen molar-refractivity contribution in [3.63, 3.8) is 0 Å². The first-order valence-electron chi connectivity index (χ1n) is 20.3. The van der Waals surface area contributed by atoms with Crippen molar-refractivity contribution in [2.75, 3.05) is 13.2 Å². The van der Waals surface area contributed by atoms with Crippen LogP contribution in [0.5, 0.6) is 0 Å². The lowest BCUT2D eigenvalue weighted by atomic mass is 9.41. The molecular formula is C40H62O14. The number of rotatable bonds is 4. The number of aliphatic hydroxyl groups is 7. The molecule has 0 aromatic rings. The molecule has 5 saturated carbocycles. The Morgan fingerprint density at radius 1 is 0.759 bits per heavy atom. The van der Waals surface area contributed by atoms with E-state index in [9.17, 15) is 40.5 Å². The molecular weight excluding hydrogens is 704 g/mol. The van der Waals surface area contributed by atoms with Crippen molar-refractivity contribution in [2.24, 2.45) is 50.7 Å². The molecule has 0 amide bonds. The van der Waals surface area contributed by atoms with Gasteiger partial charge in [0.15, 0.2) is 12.6 Å². The molecule has 0 aromatic heterocycles. The smallest absolute Gasteiger partial charge is 0.222 e. The van der Waals surface area contributed by atoms with E-state index in [1.54, 1.807) is 13.8 Å². The second-order valence-electron chi connectivity index (χ2n) is 20.6. The molecule has 5 aliphatic carbocycles. The lowest BCUT2D eigenvalue weighted by Crippen LogP contribution is -2.64. The van der Waals surface area contributed by atoms with Crippen LogP contribution in [0.15, 0.2) is 0 Å². The monoisotopic (exact) mass is 766 g/mol. The number of hydrogen-bond donors (Lipinski definition) is 7. The highest BCUT2D eigenvalue weighted by atomic mass is 16.8. The van der Waals surface area contributed by atoms with Crippen molar-refractivity contribution in [3.8, 4) is 0 Å². The van der Waals surface area contributed by atoms with Crippen molar-refractivity contribution >= 4 is 5.78 Å². The van der Waals surface area contributed by atoms with Gasteiger partial charge >= 0.3 is 0 Å². The molecule has 0 bridgehead atoms. The average molecular weight is 767 g/mol. The predicted octanol–water partition coefficient (Wildman–Crippen LogP) is 0.764. The van der Waals surface area contributed by atoms with Crippen molar-refractivity contribution in [1.29, 1.82) is 0 Å². The summed E-state index contributed by atoms with van der Waals surface area (Å²) in [5, 5.41) is 75.3. The third kappa shape index (κ3) is 4.72. The lowest BCUT2D eigenvalue weighted by molar-refractivity contribution is -0.354. The second-order valence-corrected chi connectivity index (χ2v) is 20.6. The molecule has 4 saturated heterocycles. The Labute approximate surface area is 316 Å².